The fraction of sp³-hybridized carbons (Fsp3) is 0.632. The van der Waals surface area contributed by atoms with Crippen LogP contribution in [0.5, 0.6) is 5.75 Å². The van der Waals surface area contributed by atoms with Crippen LogP contribution in [0.3, 0.4) is 0 Å². The van der Waals surface area contributed by atoms with E-state index in [9.17, 15) is 5.11 Å². The summed E-state index contributed by atoms with van der Waals surface area (Å²) in [6, 6.07) is 7.20. The number of guanidine groups is 1. The first-order valence-corrected chi connectivity index (χ1v) is 9.06. The van der Waals surface area contributed by atoms with E-state index in [-0.39, 0.29) is 11.3 Å². The van der Waals surface area contributed by atoms with Gasteiger partial charge in [0.05, 0.1) is 6.54 Å². The van der Waals surface area contributed by atoms with Crippen molar-refractivity contribution in [2.45, 2.75) is 52.1 Å². The number of rotatable bonds is 6. The van der Waals surface area contributed by atoms with Crippen LogP contribution in [-0.2, 0) is 6.54 Å². The molecule has 5 heteroatoms. The predicted molar refractivity (Wildman–Crippen MR) is 100 cm³/mol. The van der Waals surface area contributed by atoms with Crippen molar-refractivity contribution in [1.29, 1.82) is 0 Å². The summed E-state index contributed by atoms with van der Waals surface area (Å²) < 4.78 is 0. The number of aliphatic imine (C=N–C) groups is 1. The highest BCUT2D eigenvalue weighted by atomic mass is 16.3. The molecule has 0 aromatic heterocycles. The molecule has 134 valence electrons. The van der Waals surface area contributed by atoms with Gasteiger partial charge < -0.3 is 15.7 Å². The minimum atomic E-state index is 0.120. The molecule has 1 aromatic rings. The first-order valence-electron chi connectivity index (χ1n) is 9.06. The van der Waals surface area contributed by atoms with Gasteiger partial charge in [-0.25, -0.2) is 4.99 Å². The van der Waals surface area contributed by atoms with Gasteiger partial charge in [-0.1, -0.05) is 18.6 Å². The Morgan fingerprint density at radius 2 is 1.79 bits per heavy atom. The van der Waals surface area contributed by atoms with Gasteiger partial charge in [0.2, 0.25) is 0 Å². The third-order valence-corrected chi connectivity index (χ3v) is 4.60. The zero-order valence-electron chi connectivity index (χ0n) is 15.3. The molecule has 0 saturated carbocycles. The number of hydrogen-bond donors (Lipinski definition) is 3. The van der Waals surface area contributed by atoms with E-state index in [4.69, 9.17) is 0 Å². The Morgan fingerprint density at radius 1 is 1.12 bits per heavy atom. The molecule has 3 N–H and O–H groups in total. The molecule has 1 aliphatic heterocycles. The van der Waals surface area contributed by atoms with Gasteiger partial charge in [-0.3, -0.25) is 4.90 Å². The van der Waals surface area contributed by atoms with E-state index in [1.807, 2.05) is 12.1 Å². The number of phenolic OH excluding ortho intramolecular Hbond substituents is 1. The highest BCUT2D eigenvalue weighted by Gasteiger charge is 2.27. The Hall–Kier alpha value is -1.75. The van der Waals surface area contributed by atoms with Crippen molar-refractivity contribution in [2.24, 2.45) is 4.99 Å². The van der Waals surface area contributed by atoms with Crippen molar-refractivity contribution in [3.63, 3.8) is 0 Å². The van der Waals surface area contributed by atoms with Crippen molar-refractivity contribution < 1.29 is 5.11 Å². The molecule has 1 fully saturated rings. The van der Waals surface area contributed by atoms with Crippen LogP contribution in [0.2, 0.25) is 0 Å². The molecule has 1 heterocycles. The third kappa shape index (κ3) is 5.71. The Balaban J connectivity index is 1.91. The summed E-state index contributed by atoms with van der Waals surface area (Å²) in [5.41, 5.74) is 1.20. The summed E-state index contributed by atoms with van der Waals surface area (Å²) in [7, 11) is 0. The second-order valence-corrected chi connectivity index (χ2v) is 7.08. The molecule has 0 atom stereocenters. The Bertz CT molecular complexity index is 519. The van der Waals surface area contributed by atoms with E-state index in [0.717, 1.165) is 24.6 Å². The average Bonchev–Trinajstić information content (AvgIpc) is 2.59. The van der Waals surface area contributed by atoms with E-state index in [2.05, 4.69) is 41.3 Å². The lowest BCUT2D eigenvalue weighted by molar-refractivity contribution is 0.0982. The highest BCUT2D eigenvalue weighted by molar-refractivity contribution is 5.79. The Labute approximate surface area is 146 Å². The molecule has 2 rings (SSSR count). The van der Waals surface area contributed by atoms with E-state index in [0.29, 0.717) is 6.54 Å². The summed E-state index contributed by atoms with van der Waals surface area (Å²) in [6.45, 7) is 11.4. The second kappa shape index (κ2) is 8.92. The van der Waals surface area contributed by atoms with Gasteiger partial charge in [-0.15, -0.1) is 0 Å². The van der Waals surface area contributed by atoms with Gasteiger partial charge in [0.1, 0.15) is 5.75 Å². The van der Waals surface area contributed by atoms with Crippen molar-refractivity contribution in [3.05, 3.63) is 29.8 Å². The molecule has 0 amide bonds. The van der Waals surface area contributed by atoms with Crippen molar-refractivity contribution in [3.8, 4) is 5.75 Å². The summed E-state index contributed by atoms with van der Waals surface area (Å²) >= 11 is 0. The molecule has 0 spiro atoms. The summed E-state index contributed by atoms with van der Waals surface area (Å²) in [5, 5.41) is 16.1. The molecule has 0 aliphatic carbocycles. The smallest absolute Gasteiger partial charge is 0.191 e. The number of aromatic hydroxyl groups is 1. The average molecular weight is 332 g/mol. The number of phenols is 1. The van der Waals surface area contributed by atoms with Crippen LogP contribution in [0.1, 0.15) is 45.6 Å². The van der Waals surface area contributed by atoms with Crippen LogP contribution in [0.4, 0.5) is 0 Å². The Kier molecular flexibility index (Phi) is 6.91. The van der Waals surface area contributed by atoms with E-state index >= 15 is 0 Å². The van der Waals surface area contributed by atoms with Gasteiger partial charge in [-0.2, -0.15) is 0 Å². The van der Waals surface area contributed by atoms with Gasteiger partial charge in [0.25, 0.3) is 0 Å². The van der Waals surface area contributed by atoms with Crippen molar-refractivity contribution in [1.82, 2.24) is 15.5 Å². The topological polar surface area (TPSA) is 59.9 Å². The SMILES string of the molecule is CCNC(=NCc1ccc(O)cc1)NCC(C)(C)N1CCCCC1. The van der Waals surface area contributed by atoms with Gasteiger partial charge in [0, 0.05) is 18.6 Å². The molecule has 0 unspecified atom stereocenters. The zero-order chi connectivity index (χ0) is 17.4. The maximum Gasteiger partial charge on any atom is 0.191 e. The summed E-state index contributed by atoms with van der Waals surface area (Å²) in [4.78, 5) is 7.23. The zero-order valence-corrected chi connectivity index (χ0v) is 15.3. The van der Waals surface area contributed by atoms with Gasteiger partial charge in [-0.05, 0) is 64.4 Å². The van der Waals surface area contributed by atoms with E-state index < -0.39 is 0 Å². The van der Waals surface area contributed by atoms with Crippen LogP contribution in [0.15, 0.2) is 29.3 Å². The fourth-order valence-corrected chi connectivity index (χ4v) is 3.02. The Morgan fingerprint density at radius 3 is 2.42 bits per heavy atom. The van der Waals surface area contributed by atoms with E-state index in [1.54, 1.807) is 12.1 Å². The molecule has 0 bridgehead atoms. The molecule has 1 saturated heterocycles. The maximum atomic E-state index is 9.35. The first-order chi connectivity index (χ1) is 11.5. The van der Waals surface area contributed by atoms with Crippen molar-refractivity contribution in [2.75, 3.05) is 26.2 Å². The minimum Gasteiger partial charge on any atom is -0.508 e. The number of piperidine rings is 1. The van der Waals surface area contributed by atoms with E-state index in [1.165, 1.54) is 32.4 Å². The largest absolute Gasteiger partial charge is 0.508 e. The fourth-order valence-electron chi connectivity index (χ4n) is 3.02. The van der Waals surface area contributed by atoms with Crippen molar-refractivity contribution >= 4 is 5.96 Å². The normalized spacial score (nSPS) is 16.9. The van der Waals surface area contributed by atoms with Crippen LogP contribution in [0.25, 0.3) is 0 Å². The van der Waals surface area contributed by atoms with Gasteiger partial charge in [0.15, 0.2) is 5.96 Å². The lowest BCUT2D eigenvalue weighted by Gasteiger charge is -2.41. The predicted octanol–water partition coefficient (Wildman–Crippen LogP) is 2.71. The molecular weight excluding hydrogens is 300 g/mol. The highest BCUT2D eigenvalue weighted by Crippen LogP contribution is 2.19. The standard InChI is InChI=1S/C19H32N4O/c1-4-20-18(21-14-16-8-10-17(24)11-9-16)22-15-19(2,3)23-12-6-5-7-13-23/h8-11,24H,4-7,12-15H2,1-3H3,(H2,20,21,22). The lowest BCUT2D eigenvalue weighted by atomic mass is 9.98. The number of hydrogen-bond acceptors (Lipinski definition) is 3. The maximum absolute atomic E-state index is 9.35. The molecule has 0 radical (unpaired) electrons. The van der Waals surface area contributed by atoms with Crippen LogP contribution in [0, 0.1) is 0 Å². The first kappa shape index (κ1) is 18.6. The lowest BCUT2D eigenvalue weighted by Crippen LogP contribution is -2.54. The van der Waals surface area contributed by atoms with Crippen LogP contribution in [-0.4, -0.2) is 47.7 Å². The molecular formula is C19H32N4O. The van der Waals surface area contributed by atoms with Crippen LogP contribution >= 0.6 is 0 Å². The second-order valence-electron chi connectivity index (χ2n) is 7.08. The summed E-state index contributed by atoms with van der Waals surface area (Å²) in [5.74, 6) is 1.13. The molecule has 24 heavy (non-hydrogen) atoms. The molecule has 1 aromatic carbocycles. The minimum absolute atomic E-state index is 0.120. The molecule has 5 nitrogen and oxygen atoms in total. The van der Waals surface area contributed by atoms with Crippen LogP contribution < -0.4 is 10.6 Å². The number of nitrogens with one attached hydrogen (secondary N) is 2. The monoisotopic (exact) mass is 332 g/mol. The summed E-state index contributed by atoms with van der Waals surface area (Å²) in [6.07, 6.45) is 3.97. The number of nitrogens with zero attached hydrogens (tertiary/aromatic N) is 2. The molecule has 1 aliphatic rings. The number of benzene rings is 1. The number of likely N-dealkylation sites (tertiary alicyclic amines) is 1. The van der Waals surface area contributed by atoms with Gasteiger partial charge >= 0.3 is 0 Å². The third-order valence-electron chi connectivity index (χ3n) is 4.60. The quantitative estimate of drug-likeness (QED) is 0.554.